The molecule has 0 bridgehead atoms. The van der Waals surface area contributed by atoms with Crippen molar-refractivity contribution < 1.29 is 18.0 Å². The molecule has 7 nitrogen and oxygen atoms in total. The zero-order valence-corrected chi connectivity index (χ0v) is 17.3. The van der Waals surface area contributed by atoms with Crippen LogP contribution in [0.3, 0.4) is 0 Å². The lowest BCUT2D eigenvalue weighted by Crippen LogP contribution is -2.51. The molecule has 11 heteroatoms. The fourth-order valence-corrected chi connectivity index (χ4v) is 2.70. The van der Waals surface area contributed by atoms with Crippen LogP contribution in [0, 0.1) is 0 Å². The average molecular weight is 488 g/mol. The van der Waals surface area contributed by atoms with Crippen LogP contribution in [0.15, 0.2) is 11.2 Å². The van der Waals surface area contributed by atoms with Gasteiger partial charge in [-0.05, 0) is 13.3 Å². The number of aryl methyl sites for hydroxylation is 1. The summed E-state index contributed by atoms with van der Waals surface area (Å²) in [5.74, 6) is 0.511. The third kappa shape index (κ3) is 6.02. The zero-order chi connectivity index (χ0) is 18.6. The number of guanidine groups is 1. The van der Waals surface area contributed by atoms with Gasteiger partial charge >= 0.3 is 6.18 Å². The first kappa shape index (κ1) is 22.5. The molecule has 1 amide bonds. The number of nitrogens with one attached hydrogen (secondary N) is 2. The Kier molecular flexibility index (Phi) is 8.15. The fourth-order valence-electron chi connectivity index (χ4n) is 2.70. The Labute approximate surface area is 167 Å². The van der Waals surface area contributed by atoms with Crippen LogP contribution in [-0.2, 0) is 24.6 Å². The van der Waals surface area contributed by atoms with Crippen LogP contribution in [-0.4, -0.2) is 52.7 Å². The second kappa shape index (κ2) is 9.42. The van der Waals surface area contributed by atoms with Gasteiger partial charge in [-0.3, -0.25) is 9.48 Å². The molecule has 1 aliphatic rings. The highest BCUT2D eigenvalue weighted by atomic mass is 127. The smallest absolute Gasteiger partial charge is 0.357 e. The highest BCUT2D eigenvalue weighted by Gasteiger charge is 2.36. The van der Waals surface area contributed by atoms with Crippen molar-refractivity contribution >= 4 is 35.8 Å². The van der Waals surface area contributed by atoms with E-state index in [2.05, 4.69) is 20.7 Å². The number of halogens is 4. The molecule has 1 atom stereocenters. The second-order valence-corrected chi connectivity index (χ2v) is 6.02. The predicted molar refractivity (Wildman–Crippen MR) is 102 cm³/mol. The number of aliphatic imine (C=N–C) groups is 1. The normalized spacial score (nSPS) is 18.5. The quantitative estimate of drug-likeness (QED) is 0.385. The average Bonchev–Trinajstić information content (AvgIpc) is 2.90. The fraction of sp³-hybridized carbons (Fsp3) is 0.667. The number of likely N-dealkylation sites (tertiary alicyclic amines) is 1. The number of amides is 1. The molecule has 1 unspecified atom stereocenters. The maximum atomic E-state index is 13.0. The van der Waals surface area contributed by atoms with E-state index in [1.807, 2.05) is 6.92 Å². The van der Waals surface area contributed by atoms with E-state index in [4.69, 9.17) is 0 Å². The number of nitrogens with zero attached hydrogens (tertiary/aromatic N) is 4. The molecule has 0 saturated carbocycles. The van der Waals surface area contributed by atoms with Crippen LogP contribution in [0.4, 0.5) is 13.2 Å². The van der Waals surface area contributed by atoms with Gasteiger partial charge in [-0.15, -0.1) is 24.0 Å². The Morgan fingerprint density at radius 1 is 1.42 bits per heavy atom. The minimum atomic E-state index is -4.51. The number of aromatic nitrogens is 2. The van der Waals surface area contributed by atoms with E-state index in [-0.39, 0.29) is 48.0 Å². The van der Waals surface area contributed by atoms with Gasteiger partial charge in [0.1, 0.15) is 0 Å². The van der Waals surface area contributed by atoms with Crippen molar-refractivity contribution in [1.29, 1.82) is 0 Å². The van der Waals surface area contributed by atoms with Gasteiger partial charge in [0.05, 0.1) is 6.54 Å². The third-order valence-corrected chi connectivity index (χ3v) is 3.89. The monoisotopic (exact) mass is 488 g/mol. The van der Waals surface area contributed by atoms with Gasteiger partial charge in [-0.25, -0.2) is 4.99 Å². The molecular formula is C15H24F3IN6O. The van der Waals surface area contributed by atoms with Crippen molar-refractivity contribution in [2.45, 2.75) is 38.5 Å². The Morgan fingerprint density at radius 2 is 2.12 bits per heavy atom. The van der Waals surface area contributed by atoms with Gasteiger partial charge in [0.2, 0.25) is 5.91 Å². The van der Waals surface area contributed by atoms with Gasteiger partial charge in [0.15, 0.2) is 11.7 Å². The molecule has 1 fully saturated rings. The largest absolute Gasteiger partial charge is 0.435 e. The number of rotatable bonds is 4. The summed E-state index contributed by atoms with van der Waals surface area (Å²) in [6.45, 7) is 2.84. The lowest BCUT2D eigenvalue weighted by atomic mass is 10.1. The van der Waals surface area contributed by atoms with E-state index in [0.717, 1.165) is 4.68 Å². The van der Waals surface area contributed by atoms with E-state index in [0.29, 0.717) is 31.9 Å². The van der Waals surface area contributed by atoms with E-state index < -0.39 is 11.9 Å². The van der Waals surface area contributed by atoms with Crippen LogP contribution in [0.1, 0.15) is 31.0 Å². The summed E-state index contributed by atoms with van der Waals surface area (Å²) in [6.07, 6.45) is -2.09. The molecule has 0 aromatic carbocycles. The second-order valence-electron chi connectivity index (χ2n) is 6.02. The van der Waals surface area contributed by atoms with E-state index in [1.54, 1.807) is 11.9 Å². The van der Waals surface area contributed by atoms with E-state index in [9.17, 15) is 18.0 Å². The van der Waals surface area contributed by atoms with Crippen molar-refractivity contribution in [3.63, 3.8) is 0 Å². The van der Waals surface area contributed by atoms with Crippen LogP contribution in [0.2, 0.25) is 0 Å². The number of likely N-dealkylation sites (N-methyl/N-ethyl adjacent to an activating group) is 1. The standard InChI is InChI=1S/C15H23F3N6O.HI/c1-4-19-14(21-11-5-6-12(25)23(2)9-11)20-7-10-8-24(3)22-13(10)15(16,17)18;/h8,11H,4-7,9H2,1-3H3,(H2,19,20,21);1H. The highest BCUT2D eigenvalue weighted by Crippen LogP contribution is 2.30. The summed E-state index contributed by atoms with van der Waals surface area (Å²) in [6, 6.07) is 0.0106. The molecule has 1 aliphatic heterocycles. The molecule has 2 N–H and O–H groups in total. The van der Waals surface area contributed by atoms with Gasteiger partial charge < -0.3 is 15.5 Å². The van der Waals surface area contributed by atoms with Crippen molar-refractivity contribution in [2.24, 2.45) is 12.0 Å². The SMILES string of the molecule is CCNC(=NCc1cn(C)nc1C(F)(F)F)NC1CCC(=O)N(C)C1.I. The summed E-state index contributed by atoms with van der Waals surface area (Å²) in [5, 5.41) is 9.68. The van der Waals surface area contributed by atoms with Crippen molar-refractivity contribution in [3.05, 3.63) is 17.5 Å². The van der Waals surface area contributed by atoms with Gasteiger partial charge in [0, 0.05) is 51.4 Å². The van der Waals surface area contributed by atoms with Crippen LogP contribution in [0.5, 0.6) is 0 Å². The molecule has 148 valence electrons. The van der Waals surface area contributed by atoms with Crippen LogP contribution >= 0.6 is 24.0 Å². The first-order valence-corrected chi connectivity index (χ1v) is 8.09. The molecule has 0 spiro atoms. The summed E-state index contributed by atoms with van der Waals surface area (Å²) in [5.41, 5.74) is -0.902. The van der Waals surface area contributed by atoms with E-state index in [1.165, 1.54) is 13.2 Å². The molecule has 2 rings (SSSR count). The summed E-state index contributed by atoms with van der Waals surface area (Å²) in [4.78, 5) is 17.4. The Morgan fingerprint density at radius 3 is 2.69 bits per heavy atom. The molecule has 2 heterocycles. The molecule has 1 saturated heterocycles. The minimum Gasteiger partial charge on any atom is -0.357 e. The number of piperidine rings is 1. The first-order valence-electron chi connectivity index (χ1n) is 8.09. The number of hydrogen-bond acceptors (Lipinski definition) is 3. The van der Waals surface area contributed by atoms with Crippen molar-refractivity contribution in [3.8, 4) is 0 Å². The highest BCUT2D eigenvalue weighted by molar-refractivity contribution is 14.0. The molecule has 0 radical (unpaired) electrons. The maximum absolute atomic E-state index is 13.0. The third-order valence-electron chi connectivity index (χ3n) is 3.89. The van der Waals surface area contributed by atoms with E-state index >= 15 is 0 Å². The molecule has 0 aliphatic carbocycles. The van der Waals surface area contributed by atoms with Crippen molar-refractivity contribution in [2.75, 3.05) is 20.1 Å². The number of carbonyl (C=O) groups excluding carboxylic acids is 1. The summed E-state index contributed by atoms with van der Waals surface area (Å²) in [7, 11) is 3.17. The molecule has 1 aromatic rings. The molecule has 26 heavy (non-hydrogen) atoms. The van der Waals surface area contributed by atoms with Crippen LogP contribution < -0.4 is 10.6 Å². The Hall–Kier alpha value is -1.53. The summed E-state index contributed by atoms with van der Waals surface area (Å²) >= 11 is 0. The lowest BCUT2D eigenvalue weighted by Gasteiger charge is -2.31. The Bertz CT molecular complexity index is 646. The topological polar surface area (TPSA) is 74.5 Å². The predicted octanol–water partition coefficient (Wildman–Crippen LogP) is 1.73. The number of carbonyl (C=O) groups is 1. The minimum absolute atomic E-state index is 0. The lowest BCUT2D eigenvalue weighted by molar-refractivity contribution is -0.142. The number of hydrogen-bond donors (Lipinski definition) is 2. The van der Waals surface area contributed by atoms with Crippen LogP contribution in [0.25, 0.3) is 0 Å². The van der Waals surface area contributed by atoms with Crippen molar-refractivity contribution in [1.82, 2.24) is 25.3 Å². The molecule has 1 aromatic heterocycles. The first-order chi connectivity index (χ1) is 11.7. The summed E-state index contributed by atoms with van der Waals surface area (Å²) < 4.78 is 40.1. The molecular weight excluding hydrogens is 464 g/mol. The Balaban J connectivity index is 0.00000338. The maximum Gasteiger partial charge on any atom is 0.435 e. The van der Waals surface area contributed by atoms with Gasteiger partial charge in [-0.2, -0.15) is 18.3 Å². The van der Waals surface area contributed by atoms with Gasteiger partial charge in [-0.1, -0.05) is 0 Å². The zero-order valence-electron chi connectivity index (χ0n) is 14.9. The van der Waals surface area contributed by atoms with Gasteiger partial charge in [0.25, 0.3) is 0 Å². The number of alkyl halides is 3.